The number of hydrogen-bond acceptors (Lipinski definition) is 5. The predicted molar refractivity (Wildman–Crippen MR) is 113 cm³/mol. The Kier molecular flexibility index (Phi) is 8.04. The Balaban J connectivity index is 2.20. The second-order valence-corrected chi connectivity index (χ2v) is 8.24. The summed E-state index contributed by atoms with van der Waals surface area (Å²) in [5.41, 5.74) is 1.39. The van der Waals surface area contributed by atoms with Crippen LogP contribution in [0.15, 0.2) is 47.4 Å². The maximum atomic E-state index is 13.0. The normalized spacial score (nSPS) is 11.3. The minimum atomic E-state index is -3.75. The molecular formula is C21H28N2O5S. The standard InChI is InChI=1S/C21H28N2O5S/c1-5-23(6-2)29(25,26)20-14-17(11-12-19(20)27-7-3)22-21(24)15-28-18-10-8-9-16(4)13-18/h8-14H,5-7,15H2,1-4H3,(H,22,24). The Bertz CT molecular complexity index is 940. The molecule has 2 aromatic rings. The van der Waals surface area contributed by atoms with E-state index < -0.39 is 10.0 Å². The second-order valence-electron chi connectivity index (χ2n) is 6.34. The van der Waals surface area contributed by atoms with Crippen molar-refractivity contribution in [1.82, 2.24) is 4.31 Å². The first-order valence-corrected chi connectivity index (χ1v) is 11.0. The van der Waals surface area contributed by atoms with E-state index in [9.17, 15) is 13.2 Å². The average molecular weight is 421 g/mol. The number of nitrogens with one attached hydrogen (secondary N) is 1. The summed E-state index contributed by atoms with van der Waals surface area (Å²) in [6.45, 7) is 8.09. The maximum absolute atomic E-state index is 13.0. The molecule has 29 heavy (non-hydrogen) atoms. The van der Waals surface area contributed by atoms with Crippen molar-refractivity contribution in [2.45, 2.75) is 32.6 Å². The van der Waals surface area contributed by atoms with Gasteiger partial charge in [0.2, 0.25) is 10.0 Å². The molecule has 1 amide bonds. The number of benzene rings is 2. The zero-order chi connectivity index (χ0) is 21.4. The summed E-state index contributed by atoms with van der Waals surface area (Å²) in [6, 6.07) is 12.0. The molecule has 2 rings (SSSR count). The lowest BCUT2D eigenvalue weighted by Gasteiger charge is -2.21. The summed E-state index contributed by atoms with van der Waals surface area (Å²) in [5, 5.41) is 2.68. The molecule has 0 atom stereocenters. The predicted octanol–water partition coefficient (Wildman–Crippen LogP) is 3.44. The van der Waals surface area contributed by atoms with E-state index in [0.29, 0.717) is 31.1 Å². The molecule has 0 heterocycles. The fourth-order valence-electron chi connectivity index (χ4n) is 2.82. The highest BCUT2D eigenvalue weighted by molar-refractivity contribution is 7.89. The van der Waals surface area contributed by atoms with E-state index in [0.717, 1.165) is 5.56 Å². The molecule has 158 valence electrons. The minimum absolute atomic E-state index is 0.0282. The highest BCUT2D eigenvalue weighted by Crippen LogP contribution is 2.30. The Morgan fingerprint density at radius 3 is 2.38 bits per heavy atom. The molecule has 0 aromatic heterocycles. The fourth-order valence-corrected chi connectivity index (χ4v) is 4.43. The number of hydrogen-bond donors (Lipinski definition) is 1. The molecule has 0 saturated carbocycles. The van der Waals surface area contributed by atoms with Crippen molar-refractivity contribution in [3.05, 3.63) is 48.0 Å². The van der Waals surface area contributed by atoms with Gasteiger partial charge in [0, 0.05) is 18.8 Å². The molecule has 0 fully saturated rings. The maximum Gasteiger partial charge on any atom is 0.262 e. The molecule has 0 unspecified atom stereocenters. The van der Waals surface area contributed by atoms with Gasteiger partial charge >= 0.3 is 0 Å². The van der Waals surface area contributed by atoms with E-state index in [1.165, 1.54) is 10.4 Å². The third-order valence-electron chi connectivity index (χ3n) is 4.21. The molecule has 0 aliphatic heterocycles. The SMILES string of the molecule is CCOc1ccc(NC(=O)COc2cccc(C)c2)cc1S(=O)(=O)N(CC)CC. The van der Waals surface area contributed by atoms with Gasteiger partial charge in [-0.2, -0.15) is 4.31 Å². The van der Waals surface area contributed by atoms with E-state index in [1.54, 1.807) is 39.0 Å². The van der Waals surface area contributed by atoms with Crippen molar-refractivity contribution in [3.8, 4) is 11.5 Å². The van der Waals surface area contributed by atoms with Crippen molar-refractivity contribution in [1.29, 1.82) is 0 Å². The number of carbonyl (C=O) groups excluding carboxylic acids is 1. The van der Waals surface area contributed by atoms with Crippen LogP contribution in [0.4, 0.5) is 5.69 Å². The number of carbonyl (C=O) groups is 1. The van der Waals surface area contributed by atoms with Crippen molar-refractivity contribution in [2.24, 2.45) is 0 Å². The van der Waals surface area contributed by atoms with E-state index in [-0.39, 0.29) is 23.2 Å². The summed E-state index contributed by atoms with van der Waals surface area (Å²) in [6.07, 6.45) is 0. The third kappa shape index (κ3) is 5.95. The largest absolute Gasteiger partial charge is 0.492 e. The lowest BCUT2D eigenvalue weighted by molar-refractivity contribution is -0.118. The first-order valence-electron chi connectivity index (χ1n) is 9.58. The molecule has 0 saturated heterocycles. The van der Waals surface area contributed by atoms with Crippen LogP contribution in [0, 0.1) is 6.92 Å². The lowest BCUT2D eigenvalue weighted by Crippen LogP contribution is -2.31. The molecule has 7 nitrogen and oxygen atoms in total. The van der Waals surface area contributed by atoms with Crippen LogP contribution in [0.1, 0.15) is 26.3 Å². The van der Waals surface area contributed by atoms with Crippen LogP contribution < -0.4 is 14.8 Å². The molecule has 8 heteroatoms. The van der Waals surface area contributed by atoms with Gasteiger partial charge in [-0.1, -0.05) is 26.0 Å². The number of anilines is 1. The monoisotopic (exact) mass is 420 g/mol. The van der Waals surface area contributed by atoms with E-state index in [2.05, 4.69) is 5.32 Å². The number of amides is 1. The van der Waals surface area contributed by atoms with Crippen molar-refractivity contribution >= 4 is 21.6 Å². The summed E-state index contributed by atoms with van der Waals surface area (Å²) >= 11 is 0. The molecule has 0 spiro atoms. The average Bonchev–Trinajstić information content (AvgIpc) is 2.68. The summed E-state index contributed by atoms with van der Waals surface area (Å²) < 4.78 is 38.3. The number of aryl methyl sites for hydroxylation is 1. The van der Waals surface area contributed by atoms with Gasteiger partial charge in [-0.05, 0) is 49.7 Å². The van der Waals surface area contributed by atoms with Crippen LogP contribution in [0.2, 0.25) is 0 Å². The smallest absolute Gasteiger partial charge is 0.262 e. The first-order chi connectivity index (χ1) is 13.8. The van der Waals surface area contributed by atoms with Crippen LogP contribution in [-0.2, 0) is 14.8 Å². The number of rotatable bonds is 10. The van der Waals surface area contributed by atoms with Crippen LogP contribution >= 0.6 is 0 Å². The molecule has 2 aromatic carbocycles. The molecule has 1 N–H and O–H groups in total. The van der Waals surface area contributed by atoms with Gasteiger partial charge in [0.05, 0.1) is 6.61 Å². The fraction of sp³-hybridized carbons (Fsp3) is 0.381. The third-order valence-corrected chi connectivity index (χ3v) is 6.28. The van der Waals surface area contributed by atoms with Gasteiger partial charge in [0.15, 0.2) is 6.61 Å². The zero-order valence-corrected chi connectivity index (χ0v) is 18.1. The van der Waals surface area contributed by atoms with Gasteiger partial charge in [0.1, 0.15) is 16.4 Å². The zero-order valence-electron chi connectivity index (χ0n) is 17.3. The summed E-state index contributed by atoms with van der Waals surface area (Å²) in [5.74, 6) is 0.465. The van der Waals surface area contributed by atoms with Gasteiger partial charge in [-0.3, -0.25) is 4.79 Å². The summed E-state index contributed by atoms with van der Waals surface area (Å²) in [4.78, 5) is 12.3. The van der Waals surface area contributed by atoms with Crippen LogP contribution in [-0.4, -0.2) is 44.9 Å². The van der Waals surface area contributed by atoms with Crippen molar-refractivity contribution < 1.29 is 22.7 Å². The van der Waals surface area contributed by atoms with Crippen LogP contribution in [0.25, 0.3) is 0 Å². The molecule has 0 bridgehead atoms. The van der Waals surface area contributed by atoms with Gasteiger partial charge in [-0.25, -0.2) is 8.42 Å². The van der Waals surface area contributed by atoms with E-state index in [1.807, 2.05) is 25.1 Å². The Labute approximate surface area is 172 Å². The second kappa shape index (κ2) is 10.3. The van der Waals surface area contributed by atoms with Crippen molar-refractivity contribution in [2.75, 3.05) is 31.6 Å². The van der Waals surface area contributed by atoms with Gasteiger partial charge in [0.25, 0.3) is 5.91 Å². The number of nitrogens with zero attached hydrogens (tertiary/aromatic N) is 1. The first kappa shape index (κ1) is 22.7. The lowest BCUT2D eigenvalue weighted by atomic mass is 10.2. The molecule has 0 radical (unpaired) electrons. The minimum Gasteiger partial charge on any atom is -0.492 e. The molecule has 0 aliphatic rings. The summed E-state index contributed by atoms with van der Waals surface area (Å²) in [7, 11) is -3.75. The molecular weight excluding hydrogens is 392 g/mol. The Morgan fingerprint density at radius 1 is 1.03 bits per heavy atom. The highest BCUT2D eigenvalue weighted by atomic mass is 32.2. The number of ether oxygens (including phenoxy) is 2. The van der Waals surface area contributed by atoms with Crippen LogP contribution in [0.3, 0.4) is 0 Å². The molecule has 0 aliphatic carbocycles. The van der Waals surface area contributed by atoms with Crippen LogP contribution in [0.5, 0.6) is 11.5 Å². The Hall–Kier alpha value is -2.58. The quantitative estimate of drug-likeness (QED) is 0.636. The van der Waals surface area contributed by atoms with Crippen molar-refractivity contribution in [3.63, 3.8) is 0 Å². The highest BCUT2D eigenvalue weighted by Gasteiger charge is 2.26. The number of sulfonamides is 1. The Morgan fingerprint density at radius 2 is 1.76 bits per heavy atom. The van der Waals surface area contributed by atoms with E-state index in [4.69, 9.17) is 9.47 Å². The topological polar surface area (TPSA) is 84.9 Å². The van der Waals surface area contributed by atoms with Gasteiger partial charge < -0.3 is 14.8 Å². The van der Waals surface area contributed by atoms with Gasteiger partial charge in [-0.15, -0.1) is 0 Å². The van der Waals surface area contributed by atoms with E-state index >= 15 is 0 Å².